The van der Waals surface area contributed by atoms with Crippen LogP contribution in [0.25, 0.3) is 11.8 Å². The number of unbranched alkanes of at least 4 members (excludes halogenated alkanes) is 2. The lowest BCUT2D eigenvalue weighted by molar-refractivity contribution is -0.124. The van der Waals surface area contributed by atoms with E-state index in [9.17, 15) is 14.4 Å². The van der Waals surface area contributed by atoms with Gasteiger partial charge in [-0.1, -0.05) is 104 Å². The molecule has 244 valence electrons. The number of hydrogen-bond acceptors (Lipinski definition) is 7. The molecule has 1 aromatic rings. The Balaban J connectivity index is 1.79. The lowest BCUT2D eigenvalue weighted by Crippen LogP contribution is -2.33. The number of rotatable bonds is 17. The van der Waals surface area contributed by atoms with Crippen molar-refractivity contribution in [2.75, 3.05) is 25.4 Å². The summed E-state index contributed by atoms with van der Waals surface area (Å²) >= 11 is 9.99. The molecule has 10 heteroatoms. The Labute approximate surface area is 287 Å². The van der Waals surface area contributed by atoms with E-state index in [1.54, 1.807) is 21.6 Å². The lowest BCUT2D eigenvalue weighted by Gasteiger charge is -2.28. The summed E-state index contributed by atoms with van der Waals surface area (Å²) in [7, 11) is 0. The summed E-state index contributed by atoms with van der Waals surface area (Å²) in [4.78, 5) is 50.4. The lowest BCUT2D eigenvalue weighted by atomic mass is 9.98. The Morgan fingerprint density at radius 2 is 1.64 bits per heavy atom. The number of thiophene rings is 1. The number of nitrogens with zero attached hydrogens (tertiary/aromatic N) is 3. The van der Waals surface area contributed by atoms with Crippen LogP contribution in [0, 0.1) is 11.8 Å². The number of thioether (sulfide) groups is 2. The highest BCUT2D eigenvalue weighted by Crippen LogP contribution is 2.48. The van der Waals surface area contributed by atoms with E-state index < -0.39 is 0 Å². The van der Waals surface area contributed by atoms with Crippen molar-refractivity contribution in [3.63, 3.8) is 0 Å². The van der Waals surface area contributed by atoms with Gasteiger partial charge in [0.1, 0.15) is 4.32 Å². The molecule has 2 atom stereocenters. The second-order valence-electron chi connectivity index (χ2n) is 12.0. The summed E-state index contributed by atoms with van der Waals surface area (Å²) < 4.78 is 0.592. The highest BCUT2D eigenvalue weighted by Gasteiger charge is 2.49. The predicted octanol–water partition coefficient (Wildman–Crippen LogP) is 8.93. The molecule has 2 unspecified atom stereocenters. The van der Waals surface area contributed by atoms with Crippen molar-refractivity contribution in [2.24, 2.45) is 11.8 Å². The summed E-state index contributed by atoms with van der Waals surface area (Å²) in [5.74, 6) is 1.24. The number of amides is 3. The fourth-order valence-electron chi connectivity index (χ4n) is 5.85. The van der Waals surface area contributed by atoms with Crippen molar-refractivity contribution < 1.29 is 14.4 Å². The molecule has 45 heavy (non-hydrogen) atoms. The molecule has 3 amide bonds. The maximum Gasteiger partial charge on any atom is 0.266 e. The van der Waals surface area contributed by atoms with Gasteiger partial charge in [0.05, 0.1) is 32.3 Å². The van der Waals surface area contributed by atoms with Gasteiger partial charge in [0.15, 0.2) is 0 Å². The predicted molar refractivity (Wildman–Crippen MR) is 197 cm³/mol. The molecule has 0 aromatic carbocycles. The van der Waals surface area contributed by atoms with Gasteiger partial charge in [0.25, 0.3) is 17.7 Å². The first-order valence-corrected chi connectivity index (χ1v) is 19.4. The molecule has 0 saturated carbocycles. The number of hydrogen-bond donors (Lipinski definition) is 0. The van der Waals surface area contributed by atoms with Gasteiger partial charge in [-0.25, -0.2) is 0 Å². The minimum Gasteiger partial charge on any atom is -0.306 e. The molecular weight excluding hydrogens is 639 g/mol. The van der Waals surface area contributed by atoms with Crippen LogP contribution in [0.3, 0.4) is 0 Å². The van der Waals surface area contributed by atoms with Crippen molar-refractivity contribution in [1.82, 2.24) is 14.7 Å². The van der Waals surface area contributed by atoms with Crippen LogP contribution in [0.15, 0.2) is 45.4 Å². The standard InChI is InChI=1S/C35H47N3O3S4/c1-8-13-15-24(11-4)21-37-31(29-28(34(37)41)30(23(7)43-12-5)36(33(29)40)18-14-9-2)26-17-16-25(44-26)19-27-32(39)38(35(42)45-27)20-22(6)10-3/h16-17,19,22,24H,7-15,18,20-21H2,1-6H3/b27-19-. The quantitative estimate of drug-likeness (QED) is 0.121. The normalized spacial score (nSPS) is 19.2. The Morgan fingerprint density at radius 3 is 2.29 bits per heavy atom. The van der Waals surface area contributed by atoms with E-state index in [2.05, 4.69) is 48.1 Å². The number of carbonyl (C=O) groups is 3. The van der Waals surface area contributed by atoms with Gasteiger partial charge in [0.2, 0.25) is 0 Å². The third-order valence-corrected chi connectivity index (χ3v) is 11.9. The maximum atomic E-state index is 14.4. The van der Waals surface area contributed by atoms with E-state index in [1.807, 2.05) is 23.1 Å². The fraction of sp³-hybridized carbons (Fsp3) is 0.543. The van der Waals surface area contributed by atoms with Crippen molar-refractivity contribution in [3.8, 4) is 0 Å². The van der Waals surface area contributed by atoms with Gasteiger partial charge in [-0.15, -0.1) is 23.1 Å². The van der Waals surface area contributed by atoms with Crippen LogP contribution in [0.4, 0.5) is 0 Å². The van der Waals surface area contributed by atoms with Crippen molar-refractivity contribution in [2.45, 2.75) is 86.5 Å². The molecule has 0 spiro atoms. The van der Waals surface area contributed by atoms with E-state index >= 15 is 0 Å². The third-order valence-electron chi connectivity index (χ3n) is 8.68. The summed E-state index contributed by atoms with van der Waals surface area (Å²) in [6.07, 6.45) is 8.87. The van der Waals surface area contributed by atoms with Crippen LogP contribution in [0.2, 0.25) is 0 Å². The minimum absolute atomic E-state index is 0.0546. The number of thiocarbonyl (C=S) groups is 1. The molecule has 0 radical (unpaired) electrons. The fourth-order valence-corrected chi connectivity index (χ4v) is 8.90. The molecule has 4 heterocycles. The molecule has 0 bridgehead atoms. The summed E-state index contributed by atoms with van der Waals surface area (Å²) in [6, 6.07) is 3.97. The molecule has 0 aliphatic carbocycles. The van der Waals surface area contributed by atoms with E-state index in [0.717, 1.165) is 65.4 Å². The monoisotopic (exact) mass is 685 g/mol. The molecule has 4 rings (SSSR count). The van der Waals surface area contributed by atoms with Crippen LogP contribution in [0.1, 0.15) is 96.2 Å². The maximum absolute atomic E-state index is 14.4. The molecule has 0 N–H and O–H groups in total. The average Bonchev–Trinajstić information content (AvgIpc) is 3.74. The molecule has 3 aliphatic heterocycles. The highest BCUT2D eigenvalue weighted by molar-refractivity contribution is 8.26. The zero-order valence-corrected chi connectivity index (χ0v) is 30.8. The number of carbonyl (C=O) groups excluding carboxylic acids is 3. The SMILES string of the molecule is C=C(SCC)C1=C2C(=O)N(CC(CC)CCCC)C(c3ccc(/C=C4\SC(=S)N(CC(C)CC)C4=O)s3)=C2C(=O)N1CCCC. The highest BCUT2D eigenvalue weighted by atomic mass is 32.2. The van der Waals surface area contributed by atoms with Gasteiger partial charge < -0.3 is 9.80 Å². The zero-order valence-electron chi connectivity index (χ0n) is 27.6. The van der Waals surface area contributed by atoms with Crippen LogP contribution in [-0.2, 0) is 14.4 Å². The Kier molecular flexibility index (Phi) is 12.8. The number of fused-ring (bicyclic) bond motifs is 1. The first-order valence-electron chi connectivity index (χ1n) is 16.4. The molecular formula is C35H47N3O3S4. The second kappa shape index (κ2) is 16.1. The van der Waals surface area contributed by atoms with Crippen LogP contribution < -0.4 is 0 Å². The first-order chi connectivity index (χ1) is 21.6. The average molecular weight is 686 g/mol. The van der Waals surface area contributed by atoms with Crippen molar-refractivity contribution in [1.29, 1.82) is 0 Å². The van der Waals surface area contributed by atoms with E-state index in [4.69, 9.17) is 12.2 Å². The Bertz CT molecular complexity index is 1440. The van der Waals surface area contributed by atoms with E-state index in [1.165, 1.54) is 23.1 Å². The van der Waals surface area contributed by atoms with Crippen LogP contribution in [-0.4, -0.2) is 62.1 Å². The van der Waals surface area contributed by atoms with Crippen molar-refractivity contribution in [3.05, 3.63) is 55.1 Å². The van der Waals surface area contributed by atoms with Gasteiger partial charge >= 0.3 is 0 Å². The molecule has 6 nitrogen and oxygen atoms in total. The first kappa shape index (κ1) is 35.7. The summed E-state index contributed by atoms with van der Waals surface area (Å²) in [5.41, 5.74) is 2.39. The molecule has 3 aliphatic rings. The van der Waals surface area contributed by atoms with E-state index in [-0.39, 0.29) is 17.7 Å². The van der Waals surface area contributed by atoms with Gasteiger partial charge in [-0.2, -0.15) is 0 Å². The third kappa shape index (κ3) is 7.55. The largest absolute Gasteiger partial charge is 0.306 e. The van der Waals surface area contributed by atoms with Gasteiger partial charge in [0, 0.05) is 29.4 Å². The second-order valence-corrected chi connectivity index (χ2v) is 16.1. The van der Waals surface area contributed by atoms with Crippen LogP contribution >= 0.6 is 47.1 Å². The van der Waals surface area contributed by atoms with Gasteiger partial charge in [-0.3, -0.25) is 19.3 Å². The topological polar surface area (TPSA) is 60.9 Å². The van der Waals surface area contributed by atoms with Crippen molar-refractivity contribution >= 4 is 80.9 Å². The Hall–Kier alpha value is -2.14. The molecule has 1 aromatic heterocycles. The van der Waals surface area contributed by atoms with E-state index in [0.29, 0.717) is 63.2 Å². The summed E-state index contributed by atoms with van der Waals surface area (Å²) in [5, 5.41) is 0. The van der Waals surface area contributed by atoms with Gasteiger partial charge in [-0.05, 0) is 48.6 Å². The van der Waals surface area contributed by atoms with Crippen LogP contribution in [0.5, 0.6) is 0 Å². The Morgan fingerprint density at radius 1 is 0.933 bits per heavy atom. The minimum atomic E-state index is -0.111. The molecule has 1 fully saturated rings. The summed E-state index contributed by atoms with van der Waals surface area (Å²) in [6.45, 7) is 18.8. The molecule has 1 saturated heterocycles. The zero-order chi connectivity index (χ0) is 32.8. The smallest absolute Gasteiger partial charge is 0.266 e.